The van der Waals surface area contributed by atoms with Crippen molar-refractivity contribution in [1.82, 2.24) is 15.0 Å². The second-order valence-corrected chi connectivity index (χ2v) is 4.52. The average molecular weight is 269 g/mol. The number of nitrogens with one attached hydrogen (secondary N) is 1. The summed E-state index contributed by atoms with van der Waals surface area (Å²) < 4.78 is 0. The van der Waals surface area contributed by atoms with Gasteiger partial charge in [0, 0.05) is 18.1 Å². The van der Waals surface area contributed by atoms with Gasteiger partial charge in [-0.05, 0) is 6.07 Å². The van der Waals surface area contributed by atoms with Crippen molar-refractivity contribution in [1.29, 1.82) is 5.26 Å². The van der Waals surface area contributed by atoms with E-state index in [-0.39, 0.29) is 0 Å². The van der Waals surface area contributed by atoms with E-state index in [0.717, 1.165) is 10.9 Å². The molecule has 6 heteroatoms. The monoisotopic (exact) mass is 269 g/mol. The highest BCUT2D eigenvalue weighted by Gasteiger charge is 2.07. The average Bonchev–Trinajstić information content (AvgIpc) is 2.45. The predicted octanol–water partition coefficient (Wildman–Crippen LogP) is 2.08. The molecular formula is C13H11N5S. The van der Waals surface area contributed by atoms with E-state index in [1.807, 2.05) is 6.07 Å². The highest BCUT2D eigenvalue weighted by molar-refractivity contribution is 7.99. The molecule has 0 bridgehead atoms. The second-order valence-electron chi connectivity index (χ2n) is 3.58. The van der Waals surface area contributed by atoms with Gasteiger partial charge in [0.2, 0.25) is 0 Å². The predicted molar refractivity (Wildman–Crippen MR) is 75.6 cm³/mol. The van der Waals surface area contributed by atoms with Crippen LogP contribution in [0.4, 0.5) is 5.82 Å². The van der Waals surface area contributed by atoms with E-state index < -0.39 is 0 Å². The normalized spacial score (nSPS) is 9.79. The Hall–Kier alpha value is -2.31. The first-order chi connectivity index (χ1) is 9.35. The standard InChI is InChI=1S/C13H11N5S/c1-2-8-19-13-17-11-9-15-7-4-10(11)12(18-13)16-6-3-5-14/h1,4,7,9H,3,6,8H2,(H,16,17,18). The van der Waals surface area contributed by atoms with Crippen LogP contribution in [0.3, 0.4) is 0 Å². The Morgan fingerprint density at radius 2 is 2.32 bits per heavy atom. The summed E-state index contributed by atoms with van der Waals surface area (Å²) >= 11 is 1.40. The highest BCUT2D eigenvalue weighted by Crippen LogP contribution is 2.23. The minimum atomic E-state index is 0.420. The van der Waals surface area contributed by atoms with Gasteiger partial charge in [-0.1, -0.05) is 17.7 Å². The van der Waals surface area contributed by atoms with Crippen LogP contribution in [0, 0.1) is 23.7 Å². The van der Waals surface area contributed by atoms with Gasteiger partial charge in [-0.25, -0.2) is 9.97 Å². The molecule has 94 valence electrons. The van der Waals surface area contributed by atoms with Crippen LogP contribution in [0.5, 0.6) is 0 Å². The van der Waals surface area contributed by atoms with Crippen molar-refractivity contribution in [2.75, 3.05) is 17.6 Å². The molecule has 0 fully saturated rings. The first-order valence-corrected chi connectivity index (χ1v) is 6.62. The number of terminal acetylenes is 1. The maximum atomic E-state index is 8.57. The highest BCUT2D eigenvalue weighted by atomic mass is 32.2. The van der Waals surface area contributed by atoms with Crippen molar-refractivity contribution in [3.05, 3.63) is 18.5 Å². The topological polar surface area (TPSA) is 74.5 Å². The first-order valence-electron chi connectivity index (χ1n) is 5.64. The van der Waals surface area contributed by atoms with E-state index in [9.17, 15) is 0 Å². The van der Waals surface area contributed by atoms with Crippen molar-refractivity contribution in [2.45, 2.75) is 11.6 Å². The summed E-state index contributed by atoms with van der Waals surface area (Å²) in [6.07, 6.45) is 9.03. The van der Waals surface area contributed by atoms with Crippen LogP contribution in [-0.4, -0.2) is 27.2 Å². The van der Waals surface area contributed by atoms with Crippen molar-refractivity contribution in [3.63, 3.8) is 0 Å². The largest absolute Gasteiger partial charge is 0.368 e. The van der Waals surface area contributed by atoms with Gasteiger partial charge in [-0.2, -0.15) is 5.26 Å². The molecule has 2 heterocycles. The van der Waals surface area contributed by atoms with Gasteiger partial charge in [0.15, 0.2) is 5.16 Å². The summed E-state index contributed by atoms with van der Waals surface area (Å²) in [6.45, 7) is 0.546. The Labute approximate surface area is 115 Å². The molecule has 19 heavy (non-hydrogen) atoms. The molecule has 0 aliphatic rings. The number of fused-ring (bicyclic) bond motifs is 1. The Morgan fingerprint density at radius 1 is 1.42 bits per heavy atom. The summed E-state index contributed by atoms with van der Waals surface area (Å²) in [4.78, 5) is 12.9. The van der Waals surface area contributed by atoms with E-state index in [0.29, 0.717) is 29.7 Å². The number of pyridine rings is 1. The van der Waals surface area contributed by atoms with Crippen LogP contribution in [0.2, 0.25) is 0 Å². The minimum absolute atomic E-state index is 0.420. The lowest BCUT2D eigenvalue weighted by molar-refractivity contribution is 0.977. The van der Waals surface area contributed by atoms with Crippen LogP contribution in [0.15, 0.2) is 23.6 Å². The van der Waals surface area contributed by atoms with E-state index >= 15 is 0 Å². The molecule has 5 nitrogen and oxygen atoms in total. The lowest BCUT2D eigenvalue weighted by atomic mass is 10.3. The van der Waals surface area contributed by atoms with Gasteiger partial charge in [-0.3, -0.25) is 4.98 Å². The summed E-state index contributed by atoms with van der Waals surface area (Å²) in [5.41, 5.74) is 0.761. The molecule has 1 N–H and O–H groups in total. The zero-order valence-corrected chi connectivity index (χ0v) is 10.9. The van der Waals surface area contributed by atoms with Gasteiger partial charge in [0.25, 0.3) is 0 Å². The summed E-state index contributed by atoms with van der Waals surface area (Å²) in [5, 5.41) is 13.2. The third kappa shape index (κ3) is 3.34. The fourth-order valence-corrected chi connectivity index (χ4v) is 2.03. The van der Waals surface area contributed by atoms with Crippen LogP contribution in [-0.2, 0) is 0 Å². The fraction of sp³-hybridized carbons (Fsp3) is 0.231. The van der Waals surface area contributed by atoms with Gasteiger partial charge in [0.1, 0.15) is 5.82 Å². The van der Waals surface area contributed by atoms with E-state index in [4.69, 9.17) is 11.7 Å². The second kappa shape index (κ2) is 6.58. The number of rotatable bonds is 5. The molecule has 0 atom stereocenters. The quantitative estimate of drug-likeness (QED) is 0.387. The van der Waals surface area contributed by atoms with E-state index in [1.54, 1.807) is 12.4 Å². The molecule has 0 spiro atoms. The Balaban J connectivity index is 2.35. The maximum absolute atomic E-state index is 8.57. The molecule has 0 aliphatic carbocycles. The minimum Gasteiger partial charge on any atom is -0.368 e. The summed E-state index contributed by atoms with van der Waals surface area (Å²) in [6, 6.07) is 3.93. The molecule has 0 amide bonds. The van der Waals surface area contributed by atoms with Crippen LogP contribution in [0.1, 0.15) is 6.42 Å². The number of nitrogens with zero attached hydrogens (tertiary/aromatic N) is 4. The lowest BCUT2D eigenvalue weighted by Crippen LogP contribution is -2.05. The molecule has 2 aromatic rings. The Bertz CT molecular complexity index is 656. The SMILES string of the molecule is C#CCSc1nc(NCCC#N)c2ccncc2n1. The van der Waals surface area contributed by atoms with Crippen LogP contribution in [0.25, 0.3) is 10.9 Å². The molecule has 0 aliphatic heterocycles. The lowest BCUT2D eigenvalue weighted by Gasteiger charge is -2.08. The molecule has 0 saturated heterocycles. The number of aromatic nitrogens is 3. The smallest absolute Gasteiger partial charge is 0.191 e. The van der Waals surface area contributed by atoms with Crippen molar-refractivity contribution in [3.8, 4) is 18.4 Å². The molecule has 0 radical (unpaired) electrons. The number of nitriles is 1. The number of thioether (sulfide) groups is 1. The number of hydrogen-bond acceptors (Lipinski definition) is 6. The van der Waals surface area contributed by atoms with Crippen molar-refractivity contribution < 1.29 is 0 Å². The molecule has 0 saturated carbocycles. The maximum Gasteiger partial charge on any atom is 0.191 e. The number of anilines is 1. The van der Waals surface area contributed by atoms with Crippen LogP contribution < -0.4 is 5.32 Å². The summed E-state index contributed by atoms with van der Waals surface area (Å²) in [5.74, 6) is 3.77. The zero-order chi connectivity index (χ0) is 13.5. The van der Waals surface area contributed by atoms with Gasteiger partial charge >= 0.3 is 0 Å². The molecule has 0 unspecified atom stereocenters. The van der Waals surface area contributed by atoms with E-state index in [1.165, 1.54) is 11.8 Å². The van der Waals surface area contributed by atoms with Gasteiger partial charge < -0.3 is 5.32 Å². The van der Waals surface area contributed by atoms with Gasteiger partial charge in [-0.15, -0.1) is 6.42 Å². The Kier molecular flexibility index (Phi) is 4.54. The third-order valence-electron chi connectivity index (χ3n) is 2.29. The third-order valence-corrected chi connectivity index (χ3v) is 3.04. The zero-order valence-electron chi connectivity index (χ0n) is 10.1. The summed E-state index contributed by atoms with van der Waals surface area (Å²) in [7, 11) is 0. The number of hydrogen-bond donors (Lipinski definition) is 1. The molecule has 2 rings (SSSR count). The van der Waals surface area contributed by atoms with E-state index in [2.05, 4.69) is 32.3 Å². The fourth-order valence-electron chi connectivity index (χ4n) is 1.50. The van der Waals surface area contributed by atoms with Crippen molar-refractivity contribution >= 4 is 28.5 Å². The van der Waals surface area contributed by atoms with Gasteiger partial charge in [0.05, 0.1) is 30.0 Å². The van der Waals surface area contributed by atoms with Crippen LogP contribution >= 0.6 is 11.8 Å². The Morgan fingerprint density at radius 3 is 3.11 bits per heavy atom. The molecular weight excluding hydrogens is 258 g/mol. The van der Waals surface area contributed by atoms with Crippen molar-refractivity contribution in [2.24, 2.45) is 0 Å². The first kappa shape index (κ1) is 13.1. The molecule has 2 aromatic heterocycles. The molecule has 0 aromatic carbocycles.